The Hall–Kier alpha value is -2.75. The molecule has 10 nitrogen and oxygen atoms in total. The molecular weight excluding hydrogens is 368 g/mol. The van der Waals surface area contributed by atoms with Crippen molar-refractivity contribution < 1.29 is 29.8 Å². The number of quaternary nitrogens is 1. The normalized spacial score (nSPS) is 21.4. The van der Waals surface area contributed by atoms with Gasteiger partial charge in [-0.2, -0.15) is 0 Å². The van der Waals surface area contributed by atoms with Crippen LogP contribution in [0.25, 0.3) is 0 Å². The second-order valence-electron chi connectivity index (χ2n) is 7.11. The molecule has 2 rings (SSSR count). The number of rotatable bonds is 7. The summed E-state index contributed by atoms with van der Waals surface area (Å²) in [6, 6.07) is -1.67. The molecule has 0 bridgehead atoms. The van der Waals surface area contributed by atoms with Crippen molar-refractivity contribution in [3.05, 3.63) is 34.1 Å². The molecule has 1 saturated heterocycles. The van der Waals surface area contributed by atoms with Gasteiger partial charge in [-0.05, 0) is 44.9 Å². The van der Waals surface area contributed by atoms with Gasteiger partial charge >= 0.3 is 6.09 Å². The zero-order valence-electron chi connectivity index (χ0n) is 16.2. The molecule has 3 N–H and O–H groups in total. The number of amides is 2. The maximum Gasteiger partial charge on any atom is 0.415 e. The lowest BCUT2D eigenvalue weighted by Gasteiger charge is -2.29. The largest absolute Gasteiger partial charge is 0.415 e. The van der Waals surface area contributed by atoms with Crippen LogP contribution in [0.15, 0.2) is 24.0 Å². The third-order valence-corrected chi connectivity index (χ3v) is 4.86. The average molecular weight is 395 g/mol. The molecule has 0 spiro atoms. The van der Waals surface area contributed by atoms with Gasteiger partial charge in [0, 0.05) is 23.9 Å². The van der Waals surface area contributed by atoms with Crippen molar-refractivity contribution in [3.8, 4) is 0 Å². The predicted molar refractivity (Wildman–Crippen MR) is 98.4 cm³/mol. The summed E-state index contributed by atoms with van der Waals surface area (Å²) in [5.41, 5.74) is 3.58. The third-order valence-electron chi connectivity index (χ3n) is 4.86. The van der Waals surface area contributed by atoms with Crippen LogP contribution in [0.3, 0.4) is 0 Å². The summed E-state index contributed by atoms with van der Waals surface area (Å²) in [6.07, 6.45) is 4.99. The Morgan fingerprint density at radius 1 is 1.43 bits per heavy atom. The zero-order chi connectivity index (χ0) is 20.8. The topological polar surface area (TPSA) is 138 Å². The van der Waals surface area contributed by atoms with E-state index in [0.29, 0.717) is 13.0 Å². The zero-order valence-corrected chi connectivity index (χ0v) is 16.2. The Balaban J connectivity index is 2.00. The lowest BCUT2D eigenvalue weighted by molar-refractivity contribution is -0.508. The molecule has 2 atom stereocenters. The van der Waals surface area contributed by atoms with Crippen molar-refractivity contribution >= 4 is 17.8 Å². The first-order valence-electron chi connectivity index (χ1n) is 9.36. The van der Waals surface area contributed by atoms with Crippen molar-refractivity contribution in [2.75, 3.05) is 19.6 Å². The highest BCUT2D eigenvalue weighted by Crippen LogP contribution is 2.20. The lowest BCUT2D eigenvalue weighted by atomic mass is 10.1. The number of ketones is 1. The number of allylic oxidation sites excluding steroid dienone is 1. The van der Waals surface area contributed by atoms with Gasteiger partial charge in [0.1, 0.15) is 5.76 Å². The molecule has 1 heterocycles. The molecule has 1 fully saturated rings. The third kappa shape index (κ3) is 5.16. The summed E-state index contributed by atoms with van der Waals surface area (Å²) in [5.74, 6) is -0.171. The number of nitro groups is 1. The van der Waals surface area contributed by atoms with Crippen LogP contribution < -0.4 is 5.73 Å². The van der Waals surface area contributed by atoms with Crippen molar-refractivity contribution in [3.63, 3.8) is 0 Å². The van der Waals surface area contributed by atoms with E-state index in [-0.39, 0.29) is 43.0 Å². The van der Waals surface area contributed by atoms with Crippen molar-refractivity contribution in [2.45, 2.75) is 51.2 Å². The first kappa shape index (κ1) is 21.5. The van der Waals surface area contributed by atoms with Gasteiger partial charge < -0.3 is 15.4 Å². The first-order chi connectivity index (χ1) is 13.2. The molecular formula is C18H27N4O6+. The van der Waals surface area contributed by atoms with Gasteiger partial charge in [-0.15, -0.1) is 0 Å². The van der Waals surface area contributed by atoms with Crippen LogP contribution in [0.4, 0.5) is 4.79 Å². The smallest absolute Gasteiger partial charge is 0.411 e. The fourth-order valence-electron chi connectivity index (χ4n) is 3.26. The standard InChI is InChI=1S/C18H26N4O6/c1-12(2)21(11-16(23)15-4-3-9-20(15)17(24)10-19)18(25)28-14-7-5-13(6-8-14)22(26)27/h5,7-8,12-13,15H,3-4,6,9-11,19H2,1-2H3/p+1. The number of ether oxygens (including phenoxy) is 1. The molecule has 10 heteroatoms. The Bertz CT molecular complexity index is 702. The van der Waals surface area contributed by atoms with Crippen molar-refractivity contribution in [1.29, 1.82) is 0 Å². The van der Waals surface area contributed by atoms with E-state index in [2.05, 4.69) is 5.73 Å². The molecule has 28 heavy (non-hydrogen) atoms. The quantitative estimate of drug-likeness (QED) is 0.480. The fourth-order valence-corrected chi connectivity index (χ4v) is 3.26. The van der Waals surface area contributed by atoms with Crippen molar-refractivity contribution in [1.82, 2.24) is 9.80 Å². The van der Waals surface area contributed by atoms with Crippen LogP contribution in [0.1, 0.15) is 33.1 Å². The molecule has 2 unspecified atom stereocenters. The van der Waals surface area contributed by atoms with Crippen LogP contribution in [-0.4, -0.2) is 70.3 Å². The molecule has 0 aromatic rings. The number of carbonyl (C=O) groups excluding carboxylic acids is 3. The molecule has 0 aromatic heterocycles. The van der Waals surface area contributed by atoms with Gasteiger partial charge in [-0.3, -0.25) is 24.6 Å². The van der Waals surface area contributed by atoms with Gasteiger partial charge in [0.25, 0.3) is 5.91 Å². The molecule has 1 aliphatic carbocycles. The summed E-state index contributed by atoms with van der Waals surface area (Å²) >= 11 is 0. The second kappa shape index (κ2) is 9.45. The van der Waals surface area contributed by atoms with Crippen LogP contribution in [-0.2, 0) is 14.3 Å². The van der Waals surface area contributed by atoms with E-state index < -0.39 is 23.1 Å². The summed E-state index contributed by atoms with van der Waals surface area (Å²) in [5, 5.41) is 10.8. The lowest BCUT2D eigenvalue weighted by Crippen LogP contribution is -2.59. The number of carbonyl (C=O) groups is 3. The monoisotopic (exact) mass is 395 g/mol. The van der Waals surface area contributed by atoms with Crippen LogP contribution >= 0.6 is 0 Å². The van der Waals surface area contributed by atoms with E-state index in [4.69, 9.17) is 4.74 Å². The average Bonchev–Trinajstić information content (AvgIpc) is 3.15. The summed E-state index contributed by atoms with van der Waals surface area (Å²) in [7, 11) is 0. The Kier molecular flexibility index (Phi) is 7.27. The first-order valence-corrected chi connectivity index (χ1v) is 9.36. The van der Waals surface area contributed by atoms with E-state index in [0.717, 1.165) is 6.42 Å². The summed E-state index contributed by atoms with van der Waals surface area (Å²) in [4.78, 5) is 50.4. The second-order valence-corrected chi connectivity index (χ2v) is 7.11. The molecule has 2 amide bonds. The number of likely N-dealkylation sites (tertiary alicyclic amines) is 1. The number of hydrogen-bond acceptors (Lipinski definition) is 6. The van der Waals surface area contributed by atoms with E-state index in [1.54, 1.807) is 13.8 Å². The molecule has 0 radical (unpaired) electrons. The highest BCUT2D eigenvalue weighted by atomic mass is 16.6. The van der Waals surface area contributed by atoms with E-state index in [1.165, 1.54) is 28.0 Å². The molecule has 0 saturated carbocycles. The summed E-state index contributed by atoms with van der Waals surface area (Å²) in [6.45, 7) is 3.96. The summed E-state index contributed by atoms with van der Waals surface area (Å²) < 4.78 is 5.30. The SMILES string of the molecule is CC(C)N(CC(=O)C1CCCN1C(=O)C[NH3+])C(=O)OC1=CCC([N+](=O)[O-])C=C1. The minimum atomic E-state index is -0.829. The van der Waals surface area contributed by atoms with Crippen LogP contribution in [0.5, 0.6) is 0 Å². The van der Waals surface area contributed by atoms with E-state index in [9.17, 15) is 24.5 Å². The molecule has 2 aliphatic rings. The molecule has 154 valence electrons. The van der Waals surface area contributed by atoms with E-state index >= 15 is 0 Å². The van der Waals surface area contributed by atoms with Gasteiger partial charge in [0.2, 0.25) is 6.04 Å². The molecule has 1 aliphatic heterocycles. The fraction of sp³-hybridized carbons (Fsp3) is 0.611. The highest BCUT2D eigenvalue weighted by Gasteiger charge is 2.36. The van der Waals surface area contributed by atoms with Gasteiger partial charge in [-0.25, -0.2) is 4.79 Å². The highest BCUT2D eigenvalue weighted by molar-refractivity contribution is 5.92. The minimum Gasteiger partial charge on any atom is -0.411 e. The molecule has 0 aromatic carbocycles. The maximum atomic E-state index is 12.7. The van der Waals surface area contributed by atoms with Gasteiger partial charge in [0.15, 0.2) is 12.3 Å². The van der Waals surface area contributed by atoms with E-state index in [1.807, 2.05) is 0 Å². The predicted octanol–water partition coefficient (Wildman–Crippen LogP) is 0.125. The number of Topliss-reactive ketones (excluding diaryl/α,β-unsaturated/α-hetero) is 1. The number of hydrogen-bond donors (Lipinski definition) is 1. The van der Waals surface area contributed by atoms with Crippen LogP contribution in [0.2, 0.25) is 0 Å². The van der Waals surface area contributed by atoms with Gasteiger partial charge in [0.05, 0.1) is 12.6 Å². The number of nitrogens with zero attached hydrogens (tertiary/aromatic N) is 3. The van der Waals surface area contributed by atoms with Crippen molar-refractivity contribution in [2.24, 2.45) is 0 Å². The maximum absolute atomic E-state index is 12.7. The van der Waals surface area contributed by atoms with Gasteiger partial charge in [-0.1, -0.05) is 0 Å². The Morgan fingerprint density at radius 2 is 2.14 bits per heavy atom. The van der Waals surface area contributed by atoms with Crippen LogP contribution in [0, 0.1) is 10.1 Å². The minimum absolute atomic E-state index is 0.0886. The Morgan fingerprint density at radius 3 is 2.68 bits per heavy atom. The Labute approximate surface area is 163 Å².